The van der Waals surface area contributed by atoms with Crippen molar-refractivity contribution >= 4 is 17.2 Å². The number of hydrogen-bond donors (Lipinski definition) is 1. The Morgan fingerprint density at radius 1 is 1.21 bits per heavy atom. The van der Waals surface area contributed by atoms with E-state index in [0.717, 1.165) is 29.9 Å². The highest BCUT2D eigenvalue weighted by molar-refractivity contribution is 5.92. The third-order valence-corrected chi connectivity index (χ3v) is 4.86. The zero-order chi connectivity index (χ0) is 19.1. The number of anilines is 1. The van der Waals surface area contributed by atoms with Crippen molar-refractivity contribution in [2.45, 2.75) is 32.1 Å². The number of nitrogens with zero attached hydrogens (tertiary/aromatic N) is 5. The minimum absolute atomic E-state index is 0.107. The van der Waals surface area contributed by atoms with Crippen LogP contribution in [0.2, 0.25) is 0 Å². The van der Waals surface area contributed by atoms with Crippen molar-refractivity contribution in [1.82, 2.24) is 24.7 Å². The van der Waals surface area contributed by atoms with Crippen molar-refractivity contribution < 1.29 is 9.32 Å². The fourth-order valence-corrected chi connectivity index (χ4v) is 3.15. The van der Waals surface area contributed by atoms with Gasteiger partial charge in [-0.25, -0.2) is 0 Å². The van der Waals surface area contributed by atoms with Crippen LogP contribution in [0.25, 0.3) is 17.1 Å². The number of carbonyl (C=O) groups is 1. The van der Waals surface area contributed by atoms with Crippen LogP contribution in [-0.2, 0) is 11.2 Å². The number of pyridine rings is 1. The number of fused-ring (bicyclic) bond motifs is 1. The molecule has 1 aromatic carbocycles. The number of para-hydroxylation sites is 1. The summed E-state index contributed by atoms with van der Waals surface area (Å²) in [6.45, 7) is 1.95. The van der Waals surface area contributed by atoms with Crippen molar-refractivity contribution in [3.8, 4) is 11.5 Å². The highest BCUT2D eigenvalue weighted by Gasteiger charge is 2.29. The van der Waals surface area contributed by atoms with Gasteiger partial charge in [0.05, 0.1) is 12.0 Å². The van der Waals surface area contributed by atoms with Gasteiger partial charge < -0.3 is 9.84 Å². The molecule has 140 valence electrons. The smallest absolute Gasteiger partial charge is 0.261 e. The average molecular weight is 374 g/mol. The number of rotatable bonds is 5. The van der Waals surface area contributed by atoms with Gasteiger partial charge >= 0.3 is 0 Å². The van der Waals surface area contributed by atoms with Crippen LogP contribution in [0.3, 0.4) is 0 Å². The molecule has 8 heteroatoms. The molecule has 0 unspecified atom stereocenters. The van der Waals surface area contributed by atoms with Crippen molar-refractivity contribution in [2.24, 2.45) is 0 Å². The molecule has 3 aromatic heterocycles. The fraction of sp³-hybridized carbons (Fsp3) is 0.250. The SMILES string of the molecule is Cc1ccccc1NC(=O)Cc1nnc2c(-c3nc(C4CC4)no3)cccn12. The Morgan fingerprint density at radius 3 is 2.89 bits per heavy atom. The Hall–Kier alpha value is -3.55. The molecule has 0 atom stereocenters. The third-order valence-electron chi connectivity index (χ3n) is 4.86. The number of aryl methyl sites for hydroxylation is 1. The molecule has 0 aliphatic heterocycles. The van der Waals surface area contributed by atoms with E-state index in [2.05, 4.69) is 25.7 Å². The molecule has 1 saturated carbocycles. The van der Waals surface area contributed by atoms with E-state index in [-0.39, 0.29) is 12.3 Å². The van der Waals surface area contributed by atoms with Crippen LogP contribution in [-0.4, -0.2) is 30.6 Å². The lowest BCUT2D eigenvalue weighted by atomic mass is 10.2. The number of benzene rings is 1. The summed E-state index contributed by atoms with van der Waals surface area (Å²) in [7, 11) is 0. The fourth-order valence-electron chi connectivity index (χ4n) is 3.15. The van der Waals surface area contributed by atoms with E-state index in [1.807, 2.05) is 49.5 Å². The van der Waals surface area contributed by atoms with Gasteiger partial charge in [-0.2, -0.15) is 4.98 Å². The molecule has 1 aliphatic carbocycles. The molecule has 0 spiro atoms. The predicted octanol–water partition coefficient (Wildman–Crippen LogP) is 3.15. The number of hydrogen-bond acceptors (Lipinski definition) is 6. The summed E-state index contributed by atoms with van der Waals surface area (Å²) in [5.74, 6) is 1.98. The maximum absolute atomic E-state index is 12.5. The minimum atomic E-state index is -0.150. The zero-order valence-corrected chi connectivity index (χ0v) is 15.3. The molecule has 1 N–H and O–H groups in total. The van der Waals surface area contributed by atoms with E-state index < -0.39 is 0 Å². The van der Waals surface area contributed by atoms with Crippen LogP contribution in [0.5, 0.6) is 0 Å². The first-order valence-electron chi connectivity index (χ1n) is 9.21. The normalized spacial score (nSPS) is 13.8. The predicted molar refractivity (Wildman–Crippen MR) is 102 cm³/mol. The van der Waals surface area contributed by atoms with E-state index in [9.17, 15) is 4.79 Å². The average Bonchev–Trinajstić information content (AvgIpc) is 3.29. The third kappa shape index (κ3) is 3.02. The minimum Gasteiger partial charge on any atom is -0.334 e. The lowest BCUT2D eigenvalue weighted by Crippen LogP contribution is -2.16. The summed E-state index contributed by atoms with van der Waals surface area (Å²) in [6, 6.07) is 11.4. The van der Waals surface area contributed by atoms with Crippen molar-refractivity contribution in [3.63, 3.8) is 0 Å². The lowest BCUT2D eigenvalue weighted by molar-refractivity contribution is -0.115. The van der Waals surface area contributed by atoms with Crippen LogP contribution in [0, 0.1) is 6.92 Å². The first-order chi connectivity index (χ1) is 13.7. The van der Waals surface area contributed by atoms with E-state index in [1.165, 1.54) is 0 Å². The van der Waals surface area contributed by atoms with Gasteiger partial charge in [0.2, 0.25) is 5.91 Å². The molecule has 1 amide bonds. The summed E-state index contributed by atoms with van der Waals surface area (Å²) in [4.78, 5) is 17.0. The quantitative estimate of drug-likeness (QED) is 0.576. The second-order valence-electron chi connectivity index (χ2n) is 7.00. The van der Waals surface area contributed by atoms with Gasteiger partial charge in [-0.15, -0.1) is 10.2 Å². The first-order valence-corrected chi connectivity index (χ1v) is 9.21. The largest absolute Gasteiger partial charge is 0.334 e. The van der Waals surface area contributed by atoms with Gasteiger partial charge in [-0.1, -0.05) is 23.4 Å². The molecule has 8 nitrogen and oxygen atoms in total. The molecule has 0 bridgehead atoms. The van der Waals surface area contributed by atoms with Crippen LogP contribution in [0.4, 0.5) is 5.69 Å². The van der Waals surface area contributed by atoms with E-state index in [4.69, 9.17) is 4.52 Å². The maximum atomic E-state index is 12.5. The highest BCUT2D eigenvalue weighted by Crippen LogP contribution is 2.39. The molecule has 28 heavy (non-hydrogen) atoms. The summed E-state index contributed by atoms with van der Waals surface area (Å²) >= 11 is 0. The Labute approximate surface area is 160 Å². The van der Waals surface area contributed by atoms with E-state index in [1.54, 1.807) is 4.40 Å². The van der Waals surface area contributed by atoms with E-state index in [0.29, 0.717) is 28.8 Å². The summed E-state index contributed by atoms with van der Waals surface area (Å²) in [5.41, 5.74) is 3.10. The van der Waals surface area contributed by atoms with Crippen LogP contribution in [0.15, 0.2) is 47.1 Å². The molecular weight excluding hydrogens is 356 g/mol. The molecule has 3 heterocycles. The van der Waals surface area contributed by atoms with Gasteiger partial charge in [-0.05, 0) is 43.5 Å². The van der Waals surface area contributed by atoms with Crippen molar-refractivity contribution in [3.05, 3.63) is 59.8 Å². The van der Waals surface area contributed by atoms with Gasteiger partial charge in [0, 0.05) is 17.8 Å². The van der Waals surface area contributed by atoms with Crippen LogP contribution >= 0.6 is 0 Å². The van der Waals surface area contributed by atoms with Crippen molar-refractivity contribution in [1.29, 1.82) is 0 Å². The van der Waals surface area contributed by atoms with Gasteiger partial charge in [0.15, 0.2) is 11.5 Å². The Bertz CT molecular complexity index is 1170. The standard InChI is InChI=1S/C20H18N6O2/c1-12-5-2-3-7-15(12)21-17(27)11-16-23-24-19-14(6-4-10-26(16)19)20-22-18(25-28-20)13-8-9-13/h2-7,10,13H,8-9,11H2,1H3,(H,21,27). The van der Waals surface area contributed by atoms with Crippen LogP contribution < -0.4 is 5.32 Å². The van der Waals surface area contributed by atoms with Gasteiger partial charge in [-0.3, -0.25) is 9.20 Å². The number of nitrogens with one attached hydrogen (secondary N) is 1. The first kappa shape index (κ1) is 16.6. The molecule has 1 aliphatic rings. The number of carbonyl (C=O) groups excluding carboxylic acids is 1. The zero-order valence-electron chi connectivity index (χ0n) is 15.3. The monoisotopic (exact) mass is 374 g/mol. The van der Waals surface area contributed by atoms with Gasteiger partial charge in [0.25, 0.3) is 5.89 Å². The molecule has 0 saturated heterocycles. The molecule has 1 fully saturated rings. The molecule has 4 aromatic rings. The van der Waals surface area contributed by atoms with E-state index >= 15 is 0 Å². The lowest BCUT2D eigenvalue weighted by Gasteiger charge is -2.07. The Morgan fingerprint density at radius 2 is 2.07 bits per heavy atom. The van der Waals surface area contributed by atoms with Gasteiger partial charge in [0.1, 0.15) is 5.82 Å². The Kier molecular flexibility index (Phi) is 3.89. The maximum Gasteiger partial charge on any atom is 0.261 e. The molecular formula is C20H18N6O2. The summed E-state index contributed by atoms with van der Waals surface area (Å²) in [5, 5.41) is 15.4. The number of aromatic nitrogens is 5. The highest BCUT2D eigenvalue weighted by atomic mass is 16.5. The second-order valence-corrected chi connectivity index (χ2v) is 7.00. The Balaban J connectivity index is 1.41. The van der Waals surface area contributed by atoms with Crippen molar-refractivity contribution in [2.75, 3.05) is 5.32 Å². The number of amides is 1. The summed E-state index contributed by atoms with van der Waals surface area (Å²) in [6.07, 6.45) is 4.14. The van der Waals surface area contributed by atoms with Crippen LogP contribution in [0.1, 0.15) is 36.0 Å². The topological polar surface area (TPSA) is 98.2 Å². The molecule has 0 radical (unpaired) electrons. The second kappa shape index (κ2) is 6.56. The molecule has 5 rings (SSSR count). The summed E-state index contributed by atoms with van der Waals surface area (Å²) < 4.78 is 7.21.